The molecule has 1 unspecified atom stereocenters. The third-order valence-corrected chi connectivity index (χ3v) is 3.46. The van der Waals surface area contributed by atoms with Gasteiger partial charge in [-0.25, -0.2) is 0 Å². The summed E-state index contributed by atoms with van der Waals surface area (Å²) in [7, 11) is 0. The van der Waals surface area contributed by atoms with Gasteiger partial charge in [0.15, 0.2) is 0 Å². The summed E-state index contributed by atoms with van der Waals surface area (Å²) >= 11 is 6.33. The van der Waals surface area contributed by atoms with E-state index < -0.39 is 0 Å². The number of nitrogens with one attached hydrogen (secondary N) is 1. The van der Waals surface area contributed by atoms with Crippen LogP contribution in [-0.4, -0.2) is 24.8 Å². The molecule has 1 aromatic carbocycles. The maximum absolute atomic E-state index is 6.33. The normalized spacial score (nSPS) is 13.8. The monoisotopic (exact) mass is 297 g/mol. The smallest absolute Gasteiger partial charge is 0.0598 e. The van der Waals surface area contributed by atoms with E-state index >= 15 is 0 Å². The second-order valence-electron chi connectivity index (χ2n) is 6.53. The van der Waals surface area contributed by atoms with Crippen molar-refractivity contribution in [2.45, 2.75) is 58.6 Å². The second kappa shape index (κ2) is 8.02. The number of benzene rings is 1. The van der Waals surface area contributed by atoms with Gasteiger partial charge in [0.05, 0.1) is 5.60 Å². The number of rotatable bonds is 7. The summed E-state index contributed by atoms with van der Waals surface area (Å²) in [5, 5.41) is 4.35. The zero-order chi connectivity index (χ0) is 15.2. The second-order valence-corrected chi connectivity index (χ2v) is 6.94. The molecule has 2 nitrogen and oxygen atoms in total. The summed E-state index contributed by atoms with van der Waals surface area (Å²) in [6.45, 7) is 12.3. The lowest BCUT2D eigenvalue weighted by Crippen LogP contribution is -2.29. The standard InChI is InChI=1S/C17H28ClNO/c1-13(2)19-12-14(10-11-20-17(3,4)5)15-8-6-7-9-16(15)18/h6-9,13-14,19H,10-12H2,1-5H3. The zero-order valence-corrected chi connectivity index (χ0v) is 14.1. The summed E-state index contributed by atoms with van der Waals surface area (Å²) in [5.41, 5.74) is 1.12. The van der Waals surface area contributed by atoms with Gasteiger partial charge in [-0.15, -0.1) is 0 Å². The molecule has 0 aliphatic carbocycles. The molecule has 0 aliphatic rings. The first-order valence-electron chi connectivity index (χ1n) is 7.41. The minimum absolute atomic E-state index is 0.0868. The Balaban J connectivity index is 2.68. The molecule has 0 saturated carbocycles. The summed E-state index contributed by atoms with van der Waals surface area (Å²) < 4.78 is 5.86. The largest absolute Gasteiger partial charge is 0.376 e. The molecular weight excluding hydrogens is 270 g/mol. The van der Waals surface area contributed by atoms with Crippen LogP contribution in [0, 0.1) is 0 Å². The van der Waals surface area contributed by atoms with Crippen LogP contribution in [0.5, 0.6) is 0 Å². The van der Waals surface area contributed by atoms with E-state index in [0.29, 0.717) is 12.0 Å². The van der Waals surface area contributed by atoms with Crippen LogP contribution < -0.4 is 5.32 Å². The highest BCUT2D eigenvalue weighted by atomic mass is 35.5. The zero-order valence-electron chi connectivity index (χ0n) is 13.4. The van der Waals surface area contributed by atoms with E-state index in [1.165, 1.54) is 5.56 Å². The highest BCUT2D eigenvalue weighted by Gasteiger charge is 2.17. The summed E-state index contributed by atoms with van der Waals surface area (Å²) in [6.07, 6.45) is 0.973. The Hall–Kier alpha value is -0.570. The summed E-state index contributed by atoms with van der Waals surface area (Å²) in [4.78, 5) is 0. The number of ether oxygens (including phenoxy) is 1. The number of halogens is 1. The van der Waals surface area contributed by atoms with Gasteiger partial charge in [-0.1, -0.05) is 43.6 Å². The molecule has 114 valence electrons. The topological polar surface area (TPSA) is 21.3 Å². The average molecular weight is 298 g/mol. The summed E-state index contributed by atoms with van der Waals surface area (Å²) in [6, 6.07) is 8.58. The first kappa shape index (κ1) is 17.5. The van der Waals surface area contributed by atoms with Crippen molar-refractivity contribution in [3.05, 3.63) is 34.9 Å². The highest BCUT2D eigenvalue weighted by molar-refractivity contribution is 6.31. The number of hydrogen-bond acceptors (Lipinski definition) is 2. The van der Waals surface area contributed by atoms with Crippen molar-refractivity contribution < 1.29 is 4.74 Å². The molecule has 0 saturated heterocycles. The minimum Gasteiger partial charge on any atom is -0.376 e. The van der Waals surface area contributed by atoms with Gasteiger partial charge in [0.2, 0.25) is 0 Å². The first-order valence-corrected chi connectivity index (χ1v) is 7.79. The molecule has 0 heterocycles. The fourth-order valence-electron chi connectivity index (χ4n) is 2.06. The fraction of sp³-hybridized carbons (Fsp3) is 0.647. The van der Waals surface area contributed by atoms with E-state index in [4.69, 9.17) is 16.3 Å². The highest BCUT2D eigenvalue weighted by Crippen LogP contribution is 2.27. The molecule has 1 rings (SSSR count). The van der Waals surface area contributed by atoms with Crippen molar-refractivity contribution in [2.24, 2.45) is 0 Å². The van der Waals surface area contributed by atoms with E-state index in [1.54, 1.807) is 0 Å². The van der Waals surface area contributed by atoms with Gasteiger partial charge in [-0.05, 0) is 38.8 Å². The predicted octanol–water partition coefficient (Wildman–Crippen LogP) is 4.63. The lowest BCUT2D eigenvalue weighted by atomic mass is 9.95. The molecule has 0 spiro atoms. The third kappa shape index (κ3) is 6.74. The van der Waals surface area contributed by atoms with Crippen LogP contribution in [-0.2, 0) is 4.74 Å². The molecule has 0 aromatic heterocycles. The van der Waals surface area contributed by atoms with E-state index in [0.717, 1.165) is 24.6 Å². The van der Waals surface area contributed by atoms with Crippen LogP contribution in [0.4, 0.5) is 0 Å². The van der Waals surface area contributed by atoms with Gasteiger partial charge in [-0.3, -0.25) is 0 Å². The van der Waals surface area contributed by atoms with Gasteiger partial charge in [0.1, 0.15) is 0 Å². The Morgan fingerprint density at radius 2 is 1.85 bits per heavy atom. The quantitative estimate of drug-likeness (QED) is 0.792. The van der Waals surface area contributed by atoms with Crippen molar-refractivity contribution in [3.63, 3.8) is 0 Å². The van der Waals surface area contributed by atoms with Crippen LogP contribution in [0.3, 0.4) is 0 Å². The molecule has 1 N–H and O–H groups in total. The Morgan fingerprint density at radius 1 is 1.20 bits per heavy atom. The van der Waals surface area contributed by atoms with Crippen molar-refractivity contribution in [3.8, 4) is 0 Å². The first-order chi connectivity index (χ1) is 9.29. The van der Waals surface area contributed by atoms with Gasteiger partial charge in [0.25, 0.3) is 0 Å². The van der Waals surface area contributed by atoms with Gasteiger partial charge in [0, 0.05) is 30.1 Å². The maximum Gasteiger partial charge on any atom is 0.0598 e. The van der Waals surface area contributed by atoms with Crippen molar-refractivity contribution in [2.75, 3.05) is 13.2 Å². The predicted molar refractivity (Wildman–Crippen MR) is 87.7 cm³/mol. The average Bonchev–Trinajstić information content (AvgIpc) is 2.33. The Labute approximate surface area is 128 Å². The van der Waals surface area contributed by atoms with E-state index in [2.05, 4.69) is 46.0 Å². The minimum atomic E-state index is -0.0868. The molecule has 0 bridgehead atoms. The van der Waals surface area contributed by atoms with E-state index in [9.17, 15) is 0 Å². The van der Waals surface area contributed by atoms with Gasteiger partial charge >= 0.3 is 0 Å². The van der Waals surface area contributed by atoms with Crippen LogP contribution in [0.25, 0.3) is 0 Å². The molecule has 1 atom stereocenters. The van der Waals surface area contributed by atoms with Crippen LogP contribution in [0.1, 0.15) is 52.5 Å². The van der Waals surface area contributed by atoms with Crippen LogP contribution in [0.15, 0.2) is 24.3 Å². The van der Waals surface area contributed by atoms with Crippen molar-refractivity contribution in [1.82, 2.24) is 5.32 Å². The lowest BCUT2D eigenvalue weighted by Gasteiger charge is -2.24. The molecule has 3 heteroatoms. The Morgan fingerprint density at radius 3 is 2.40 bits per heavy atom. The Kier molecular flexibility index (Phi) is 7.01. The van der Waals surface area contributed by atoms with E-state index in [1.807, 2.05) is 18.2 Å². The summed E-state index contributed by atoms with van der Waals surface area (Å²) in [5.74, 6) is 0.383. The lowest BCUT2D eigenvalue weighted by molar-refractivity contribution is -0.00627. The molecule has 0 radical (unpaired) electrons. The van der Waals surface area contributed by atoms with Crippen molar-refractivity contribution >= 4 is 11.6 Å². The third-order valence-electron chi connectivity index (χ3n) is 3.12. The molecule has 0 fully saturated rings. The maximum atomic E-state index is 6.33. The fourth-order valence-corrected chi connectivity index (χ4v) is 2.35. The van der Waals surface area contributed by atoms with Gasteiger partial charge in [-0.2, -0.15) is 0 Å². The molecule has 20 heavy (non-hydrogen) atoms. The number of hydrogen-bond donors (Lipinski definition) is 1. The molecule has 1 aromatic rings. The SMILES string of the molecule is CC(C)NCC(CCOC(C)(C)C)c1ccccc1Cl. The van der Waals surface area contributed by atoms with Crippen LogP contribution >= 0.6 is 11.6 Å². The molecule has 0 aliphatic heterocycles. The van der Waals surface area contributed by atoms with E-state index in [-0.39, 0.29) is 5.60 Å². The molecular formula is C17H28ClNO. The van der Waals surface area contributed by atoms with Crippen LogP contribution in [0.2, 0.25) is 5.02 Å². The van der Waals surface area contributed by atoms with Gasteiger partial charge < -0.3 is 10.1 Å². The Bertz CT molecular complexity index is 398. The molecule has 0 amide bonds. The van der Waals surface area contributed by atoms with Crippen molar-refractivity contribution in [1.29, 1.82) is 0 Å².